The summed E-state index contributed by atoms with van der Waals surface area (Å²) in [6.07, 6.45) is 2.39. The smallest absolute Gasteiger partial charge is 0.231 e. The Morgan fingerprint density at radius 3 is 2.14 bits per heavy atom. The Morgan fingerprint density at radius 1 is 0.964 bits per heavy atom. The van der Waals surface area contributed by atoms with Crippen LogP contribution in [0.4, 0.5) is 5.13 Å². The molecule has 0 atom stereocenters. The maximum absolute atomic E-state index is 12.6. The van der Waals surface area contributed by atoms with Crippen LogP contribution in [0.25, 0.3) is 0 Å². The molecule has 2 heterocycles. The van der Waals surface area contributed by atoms with Crippen LogP contribution in [-0.2, 0) is 4.79 Å². The summed E-state index contributed by atoms with van der Waals surface area (Å²) in [6.45, 7) is 1.49. The molecule has 1 saturated carbocycles. The summed E-state index contributed by atoms with van der Waals surface area (Å²) < 4.78 is 0. The lowest BCUT2D eigenvalue weighted by Crippen LogP contribution is -2.53. The average molecular weight is 391 g/mol. The second kappa shape index (κ2) is 7.45. The van der Waals surface area contributed by atoms with E-state index in [9.17, 15) is 4.79 Å². The lowest BCUT2D eigenvalue weighted by Gasteiger charge is -2.43. The van der Waals surface area contributed by atoms with E-state index in [1.54, 1.807) is 0 Å². The molecule has 1 amide bonds. The topological polar surface area (TPSA) is 58.1 Å². The highest BCUT2D eigenvalue weighted by atomic mass is 32.1. The number of carbonyl (C=O) groups is 1. The fraction of sp³-hybridized carbons (Fsp3) is 0.318. The Bertz CT molecular complexity index is 909. The minimum Gasteiger partial charge on any atom is -0.300 e. The predicted octanol–water partition coefficient (Wildman–Crippen LogP) is 4.08. The predicted molar refractivity (Wildman–Crippen MR) is 110 cm³/mol. The first-order chi connectivity index (χ1) is 13.8. The third kappa shape index (κ3) is 3.57. The van der Waals surface area contributed by atoms with Crippen LogP contribution in [0.1, 0.15) is 40.9 Å². The number of hydrogen-bond acceptors (Lipinski definition) is 5. The molecule has 0 unspecified atom stereocenters. The van der Waals surface area contributed by atoms with Crippen molar-refractivity contribution in [2.45, 2.75) is 24.8 Å². The van der Waals surface area contributed by atoms with Crippen molar-refractivity contribution in [3.63, 3.8) is 0 Å². The third-order valence-corrected chi connectivity index (χ3v) is 6.47. The molecule has 142 valence electrons. The van der Waals surface area contributed by atoms with Gasteiger partial charge in [-0.1, -0.05) is 72.0 Å². The van der Waals surface area contributed by atoms with Crippen LogP contribution in [0, 0.1) is 5.92 Å². The number of aromatic nitrogens is 2. The Hall–Kier alpha value is -2.57. The van der Waals surface area contributed by atoms with Gasteiger partial charge in [-0.15, -0.1) is 10.2 Å². The molecule has 3 aromatic rings. The third-order valence-electron chi connectivity index (χ3n) is 5.47. The lowest BCUT2D eigenvalue weighted by atomic mass is 9.90. The normalized spacial score (nSPS) is 17.5. The van der Waals surface area contributed by atoms with Crippen molar-refractivity contribution in [1.29, 1.82) is 0 Å². The molecule has 1 N–H and O–H groups in total. The molecule has 2 aliphatic rings. The first kappa shape index (κ1) is 17.5. The van der Waals surface area contributed by atoms with Gasteiger partial charge in [0.05, 0.1) is 12.0 Å². The van der Waals surface area contributed by atoms with E-state index in [2.05, 4.69) is 68.9 Å². The van der Waals surface area contributed by atoms with Gasteiger partial charge in [-0.2, -0.15) is 0 Å². The Morgan fingerprint density at radius 2 is 1.57 bits per heavy atom. The van der Waals surface area contributed by atoms with Crippen molar-refractivity contribution in [1.82, 2.24) is 15.1 Å². The molecule has 1 aliphatic carbocycles. The monoisotopic (exact) mass is 390 g/mol. The molecule has 1 saturated heterocycles. The van der Waals surface area contributed by atoms with Gasteiger partial charge in [0.15, 0.2) is 0 Å². The summed E-state index contributed by atoms with van der Waals surface area (Å²) in [5.74, 6) is 0.609. The van der Waals surface area contributed by atoms with E-state index in [1.165, 1.54) is 35.3 Å². The summed E-state index contributed by atoms with van der Waals surface area (Å²) in [7, 11) is 0. The largest absolute Gasteiger partial charge is 0.300 e. The molecular formula is C22H22N4OS. The minimum absolute atomic E-state index is 0.0109. The molecule has 2 fully saturated rings. The highest BCUT2D eigenvalue weighted by molar-refractivity contribution is 7.15. The van der Waals surface area contributed by atoms with E-state index >= 15 is 0 Å². The summed E-state index contributed by atoms with van der Waals surface area (Å²) >= 11 is 1.52. The zero-order valence-corrected chi connectivity index (χ0v) is 16.3. The van der Waals surface area contributed by atoms with Gasteiger partial charge in [0.1, 0.15) is 5.01 Å². The summed E-state index contributed by atoms with van der Waals surface area (Å²) in [5, 5.41) is 13.0. The number of rotatable bonds is 6. The molecule has 28 heavy (non-hydrogen) atoms. The van der Waals surface area contributed by atoms with Crippen LogP contribution in [0.2, 0.25) is 0 Å². The molecular weight excluding hydrogens is 368 g/mol. The van der Waals surface area contributed by atoms with Gasteiger partial charge in [0.25, 0.3) is 0 Å². The SMILES string of the molecule is O=C(Nc1nnc(C2CC2)s1)C1CN(C(c2ccccc2)c2ccccc2)C1. The van der Waals surface area contributed by atoms with Gasteiger partial charge in [0, 0.05) is 19.0 Å². The van der Waals surface area contributed by atoms with Gasteiger partial charge >= 0.3 is 0 Å². The molecule has 6 heteroatoms. The van der Waals surface area contributed by atoms with Crippen molar-refractivity contribution in [3.05, 3.63) is 76.8 Å². The number of anilines is 1. The highest BCUT2D eigenvalue weighted by Crippen LogP contribution is 2.42. The molecule has 1 aliphatic heterocycles. The molecule has 1 aromatic heterocycles. The summed E-state index contributed by atoms with van der Waals surface area (Å²) in [4.78, 5) is 15.0. The second-order valence-corrected chi connectivity index (χ2v) is 8.59. The highest BCUT2D eigenvalue weighted by Gasteiger charge is 2.38. The number of carbonyl (C=O) groups excluding carboxylic acids is 1. The van der Waals surface area contributed by atoms with Crippen LogP contribution < -0.4 is 5.32 Å². The van der Waals surface area contributed by atoms with Crippen LogP contribution in [-0.4, -0.2) is 34.1 Å². The quantitative estimate of drug-likeness (QED) is 0.689. The summed E-state index contributed by atoms with van der Waals surface area (Å²) in [6, 6.07) is 21.2. The number of benzene rings is 2. The first-order valence-electron chi connectivity index (χ1n) is 9.76. The standard InChI is InChI=1S/C22H22N4OS/c27-20(23-22-25-24-21(28-22)17-11-12-17)18-13-26(14-18)19(15-7-3-1-4-8-15)16-9-5-2-6-10-16/h1-10,17-19H,11-14H2,(H,23,25,27). The Kier molecular flexibility index (Phi) is 4.66. The van der Waals surface area contributed by atoms with Crippen LogP contribution >= 0.6 is 11.3 Å². The van der Waals surface area contributed by atoms with Gasteiger partial charge in [-0.25, -0.2) is 0 Å². The van der Waals surface area contributed by atoms with Crippen molar-refractivity contribution >= 4 is 22.4 Å². The van der Waals surface area contributed by atoms with Crippen molar-refractivity contribution in [2.75, 3.05) is 18.4 Å². The van der Waals surface area contributed by atoms with Crippen molar-refractivity contribution in [3.8, 4) is 0 Å². The fourth-order valence-electron chi connectivity index (χ4n) is 3.76. The van der Waals surface area contributed by atoms with Crippen molar-refractivity contribution < 1.29 is 4.79 Å². The number of likely N-dealkylation sites (tertiary alicyclic amines) is 1. The summed E-state index contributed by atoms with van der Waals surface area (Å²) in [5.41, 5.74) is 2.51. The van der Waals surface area contributed by atoms with E-state index in [0.717, 1.165) is 18.1 Å². The molecule has 2 aromatic carbocycles. The van der Waals surface area contributed by atoms with E-state index < -0.39 is 0 Å². The zero-order chi connectivity index (χ0) is 18.9. The van der Waals surface area contributed by atoms with E-state index in [4.69, 9.17) is 0 Å². The molecule has 0 bridgehead atoms. The molecule has 5 nitrogen and oxygen atoms in total. The van der Waals surface area contributed by atoms with Gasteiger partial charge < -0.3 is 5.32 Å². The number of amides is 1. The molecule has 5 rings (SSSR count). The maximum atomic E-state index is 12.6. The molecule has 0 spiro atoms. The van der Waals surface area contributed by atoms with E-state index in [-0.39, 0.29) is 17.9 Å². The second-order valence-electron chi connectivity index (χ2n) is 7.58. The van der Waals surface area contributed by atoms with Crippen LogP contribution in [0.15, 0.2) is 60.7 Å². The Balaban J connectivity index is 1.26. The zero-order valence-electron chi connectivity index (χ0n) is 15.5. The first-order valence-corrected chi connectivity index (χ1v) is 10.6. The van der Waals surface area contributed by atoms with E-state index in [0.29, 0.717) is 11.0 Å². The lowest BCUT2D eigenvalue weighted by molar-refractivity contribution is -0.125. The molecule has 0 radical (unpaired) electrons. The number of hydrogen-bond donors (Lipinski definition) is 1. The fourth-order valence-corrected chi connectivity index (χ4v) is 4.68. The van der Waals surface area contributed by atoms with Crippen molar-refractivity contribution in [2.24, 2.45) is 5.92 Å². The number of nitrogens with one attached hydrogen (secondary N) is 1. The van der Waals surface area contributed by atoms with Gasteiger partial charge in [-0.3, -0.25) is 9.69 Å². The van der Waals surface area contributed by atoms with Crippen LogP contribution in [0.5, 0.6) is 0 Å². The van der Waals surface area contributed by atoms with Crippen LogP contribution in [0.3, 0.4) is 0 Å². The van der Waals surface area contributed by atoms with E-state index in [1.807, 2.05) is 12.1 Å². The Labute approximate surface area is 168 Å². The number of nitrogens with zero attached hydrogens (tertiary/aromatic N) is 3. The maximum Gasteiger partial charge on any atom is 0.231 e. The van der Waals surface area contributed by atoms with Gasteiger partial charge in [-0.05, 0) is 24.0 Å². The average Bonchev–Trinajstić information content (AvgIpc) is 3.45. The minimum atomic E-state index is -0.0109. The van der Waals surface area contributed by atoms with Gasteiger partial charge in [0.2, 0.25) is 11.0 Å².